The maximum absolute atomic E-state index is 11.9. The van der Waals surface area contributed by atoms with Crippen LogP contribution in [0, 0.1) is 16.7 Å². The molecule has 1 N–H and O–H groups in total. The van der Waals surface area contributed by atoms with Crippen LogP contribution in [0.25, 0.3) is 0 Å². The molecule has 2 saturated carbocycles. The lowest BCUT2D eigenvalue weighted by Gasteiger charge is -2.46. The molecule has 6 atom stereocenters. The molecule has 0 amide bonds. The van der Waals surface area contributed by atoms with E-state index >= 15 is 0 Å². The van der Waals surface area contributed by atoms with Gasteiger partial charge in [0.15, 0.2) is 5.79 Å². The molecular formula is C22H34O5. The Balaban J connectivity index is 1.97. The van der Waals surface area contributed by atoms with Gasteiger partial charge in [-0.3, -0.25) is 0 Å². The Morgan fingerprint density at radius 3 is 2.41 bits per heavy atom. The van der Waals surface area contributed by atoms with Gasteiger partial charge in [-0.1, -0.05) is 38.2 Å². The third-order valence-corrected chi connectivity index (χ3v) is 7.09. The van der Waals surface area contributed by atoms with Crippen LogP contribution < -0.4 is 0 Å². The second-order valence-electron chi connectivity index (χ2n) is 9.02. The quantitative estimate of drug-likeness (QED) is 0.542. The minimum absolute atomic E-state index is 0.142. The van der Waals surface area contributed by atoms with Crippen LogP contribution in [0.3, 0.4) is 0 Å². The standard InChI is InChI=1S/C22H34O5/c1-8-16-17(27-20(5,6)26-16)11-13-22(23)18(25-14-24-7)15-10-12-21(22,9-2)19(15,3)4/h8-9,11,13,15-18,23H,1-2,10,12,14H2,3-7H3/b13-11-/t15-,16-,17+,18-,21-,22-/m1/s1. The number of rotatable bonds is 7. The Morgan fingerprint density at radius 2 is 1.81 bits per heavy atom. The molecule has 1 saturated heterocycles. The summed E-state index contributed by atoms with van der Waals surface area (Å²) in [7, 11) is 1.59. The number of ether oxygens (including phenoxy) is 4. The van der Waals surface area contributed by atoms with Crippen LogP contribution in [0.1, 0.15) is 40.5 Å². The van der Waals surface area contributed by atoms with E-state index in [-0.39, 0.29) is 36.4 Å². The first-order valence-electron chi connectivity index (χ1n) is 9.72. The van der Waals surface area contributed by atoms with Crippen molar-refractivity contribution in [1.82, 2.24) is 0 Å². The molecule has 0 radical (unpaired) electrons. The van der Waals surface area contributed by atoms with Gasteiger partial charge in [0, 0.05) is 12.5 Å². The molecule has 0 spiro atoms. The molecule has 2 bridgehead atoms. The van der Waals surface area contributed by atoms with Crippen molar-refractivity contribution in [2.45, 2.75) is 70.2 Å². The first kappa shape index (κ1) is 20.7. The lowest BCUT2D eigenvalue weighted by molar-refractivity contribution is -0.167. The third kappa shape index (κ3) is 2.87. The summed E-state index contributed by atoms with van der Waals surface area (Å²) in [4.78, 5) is 0. The molecule has 0 aromatic carbocycles. The van der Waals surface area contributed by atoms with Gasteiger partial charge in [-0.2, -0.15) is 0 Å². The molecular weight excluding hydrogens is 344 g/mol. The summed E-state index contributed by atoms with van der Waals surface area (Å²) in [6, 6.07) is 0. The highest BCUT2D eigenvalue weighted by molar-refractivity contribution is 5.35. The maximum Gasteiger partial charge on any atom is 0.164 e. The Kier molecular flexibility index (Phi) is 5.24. The molecule has 3 rings (SSSR count). The lowest BCUT2D eigenvalue weighted by atomic mass is 9.62. The van der Waals surface area contributed by atoms with Crippen molar-refractivity contribution in [2.75, 3.05) is 13.9 Å². The fourth-order valence-electron chi connectivity index (χ4n) is 5.75. The van der Waals surface area contributed by atoms with E-state index in [0.717, 1.165) is 12.8 Å². The summed E-state index contributed by atoms with van der Waals surface area (Å²) in [6.45, 7) is 16.2. The zero-order valence-corrected chi connectivity index (χ0v) is 17.2. The molecule has 2 aliphatic carbocycles. The monoisotopic (exact) mass is 378 g/mol. The van der Waals surface area contributed by atoms with Crippen LogP contribution in [-0.4, -0.2) is 48.7 Å². The second-order valence-corrected chi connectivity index (χ2v) is 9.02. The SMILES string of the molecule is C=C[C@H]1OC(C)(C)O[C@H]1/C=C\[C@@]1(O)[C@H](OCOC)[C@H]2CC[C@]1(C=C)C2(C)C. The van der Waals surface area contributed by atoms with Gasteiger partial charge >= 0.3 is 0 Å². The van der Waals surface area contributed by atoms with Crippen molar-refractivity contribution in [3.63, 3.8) is 0 Å². The van der Waals surface area contributed by atoms with Crippen molar-refractivity contribution in [1.29, 1.82) is 0 Å². The lowest BCUT2D eigenvalue weighted by Crippen LogP contribution is -2.53. The van der Waals surface area contributed by atoms with Gasteiger partial charge in [-0.05, 0) is 38.0 Å². The Morgan fingerprint density at radius 1 is 1.15 bits per heavy atom. The van der Waals surface area contributed by atoms with Gasteiger partial charge in [0.1, 0.15) is 24.6 Å². The minimum atomic E-state index is -1.19. The molecule has 3 aliphatic rings. The van der Waals surface area contributed by atoms with E-state index in [2.05, 4.69) is 27.0 Å². The summed E-state index contributed by atoms with van der Waals surface area (Å²) in [5, 5.41) is 11.9. The van der Waals surface area contributed by atoms with Gasteiger partial charge in [0.25, 0.3) is 0 Å². The maximum atomic E-state index is 11.9. The van der Waals surface area contributed by atoms with Gasteiger partial charge < -0.3 is 24.1 Å². The van der Waals surface area contributed by atoms with Crippen molar-refractivity contribution in [3.05, 3.63) is 37.5 Å². The summed E-state index contributed by atoms with van der Waals surface area (Å²) < 4.78 is 23.0. The largest absolute Gasteiger partial charge is 0.382 e. The van der Waals surface area contributed by atoms with E-state index in [4.69, 9.17) is 18.9 Å². The molecule has 0 aromatic rings. The highest BCUT2D eigenvalue weighted by atomic mass is 16.7. The molecule has 27 heavy (non-hydrogen) atoms. The molecule has 1 heterocycles. The molecule has 5 heteroatoms. The fourth-order valence-corrected chi connectivity index (χ4v) is 5.75. The average molecular weight is 379 g/mol. The number of fused-ring (bicyclic) bond motifs is 2. The van der Waals surface area contributed by atoms with Crippen molar-refractivity contribution < 1.29 is 24.1 Å². The van der Waals surface area contributed by atoms with E-state index in [1.165, 1.54) is 0 Å². The van der Waals surface area contributed by atoms with E-state index in [0.29, 0.717) is 0 Å². The highest BCUT2D eigenvalue weighted by Crippen LogP contribution is 2.71. The van der Waals surface area contributed by atoms with Crippen molar-refractivity contribution >= 4 is 0 Å². The summed E-state index contributed by atoms with van der Waals surface area (Å²) in [6.07, 6.45) is 8.34. The average Bonchev–Trinajstić information content (AvgIpc) is 3.10. The Hall–Kier alpha value is -0.980. The van der Waals surface area contributed by atoms with Crippen LogP contribution in [0.2, 0.25) is 0 Å². The van der Waals surface area contributed by atoms with Gasteiger partial charge in [-0.15, -0.1) is 13.2 Å². The zero-order chi connectivity index (χ0) is 20.1. The first-order chi connectivity index (χ1) is 12.6. The molecule has 1 aliphatic heterocycles. The highest BCUT2D eigenvalue weighted by Gasteiger charge is 2.74. The molecule has 0 aromatic heterocycles. The number of hydrogen-bond donors (Lipinski definition) is 1. The van der Waals surface area contributed by atoms with Crippen LogP contribution >= 0.6 is 0 Å². The molecule has 152 valence electrons. The predicted octanol–water partition coefficient (Wildman–Crippen LogP) is 3.59. The van der Waals surface area contributed by atoms with Crippen molar-refractivity contribution in [2.24, 2.45) is 16.7 Å². The number of methoxy groups -OCH3 is 1. The van der Waals surface area contributed by atoms with Crippen molar-refractivity contribution in [3.8, 4) is 0 Å². The normalized spacial score (nSPS) is 44.8. The predicted molar refractivity (Wildman–Crippen MR) is 104 cm³/mol. The van der Waals surface area contributed by atoms with Crippen LogP contribution in [-0.2, 0) is 18.9 Å². The number of hydrogen-bond acceptors (Lipinski definition) is 5. The van der Waals surface area contributed by atoms with Gasteiger partial charge in [0.05, 0.1) is 6.10 Å². The van der Waals surface area contributed by atoms with Crippen LogP contribution in [0.5, 0.6) is 0 Å². The second kappa shape index (κ2) is 6.82. The summed E-state index contributed by atoms with van der Waals surface area (Å²) in [5.41, 5.74) is -1.81. The summed E-state index contributed by atoms with van der Waals surface area (Å²) >= 11 is 0. The Bertz CT molecular complexity index is 624. The topological polar surface area (TPSA) is 57.2 Å². The van der Waals surface area contributed by atoms with E-state index in [9.17, 15) is 5.11 Å². The fraction of sp³-hybridized carbons (Fsp3) is 0.727. The smallest absolute Gasteiger partial charge is 0.164 e. The van der Waals surface area contributed by atoms with E-state index in [1.807, 2.05) is 32.1 Å². The van der Waals surface area contributed by atoms with Crippen LogP contribution in [0.15, 0.2) is 37.5 Å². The van der Waals surface area contributed by atoms with Gasteiger partial charge in [-0.25, -0.2) is 0 Å². The van der Waals surface area contributed by atoms with Gasteiger partial charge in [0.2, 0.25) is 0 Å². The summed E-state index contributed by atoms with van der Waals surface area (Å²) in [5.74, 6) is -0.473. The first-order valence-corrected chi connectivity index (χ1v) is 9.72. The van der Waals surface area contributed by atoms with E-state index in [1.54, 1.807) is 13.2 Å². The van der Waals surface area contributed by atoms with E-state index < -0.39 is 16.8 Å². The number of aliphatic hydroxyl groups is 1. The molecule has 0 unspecified atom stereocenters. The minimum Gasteiger partial charge on any atom is -0.382 e. The van der Waals surface area contributed by atoms with Crippen LogP contribution in [0.4, 0.5) is 0 Å². The zero-order valence-electron chi connectivity index (χ0n) is 17.2. The third-order valence-electron chi connectivity index (χ3n) is 7.09. The molecule has 5 nitrogen and oxygen atoms in total. The molecule has 3 fully saturated rings. The Labute approximate surface area is 163 Å².